The first-order chi connectivity index (χ1) is 8.53. The molecule has 0 bridgehead atoms. The van der Waals surface area contributed by atoms with E-state index < -0.39 is 5.54 Å². The van der Waals surface area contributed by atoms with Crippen molar-refractivity contribution in [2.75, 3.05) is 12.4 Å². The zero-order chi connectivity index (χ0) is 13.2. The van der Waals surface area contributed by atoms with Crippen LogP contribution < -0.4 is 5.32 Å². The quantitative estimate of drug-likeness (QED) is 0.818. The summed E-state index contributed by atoms with van der Waals surface area (Å²) in [6.07, 6.45) is 3.08. The summed E-state index contributed by atoms with van der Waals surface area (Å²) in [5, 5.41) is 3.16. The van der Waals surface area contributed by atoms with Gasteiger partial charge in [-0.1, -0.05) is 12.8 Å². The normalized spacial score (nSPS) is 17.9. The van der Waals surface area contributed by atoms with Gasteiger partial charge in [0.15, 0.2) is 0 Å². The molecule has 1 aliphatic carbocycles. The summed E-state index contributed by atoms with van der Waals surface area (Å²) in [6, 6.07) is 6.00. The van der Waals surface area contributed by atoms with Gasteiger partial charge in [0.1, 0.15) is 11.4 Å². The Labute approximate surface area is 106 Å². The number of hydrogen-bond acceptors (Lipinski definition) is 3. The lowest BCUT2D eigenvalue weighted by molar-refractivity contribution is -0.145. The van der Waals surface area contributed by atoms with Gasteiger partial charge in [0.2, 0.25) is 0 Å². The van der Waals surface area contributed by atoms with Crippen molar-refractivity contribution in [2.24, 2.45) is 5.92 Å². The molecule has 0 heterocycles. The molecule has 1 atom stereocenters. The van der Waals surface area contributed by atoms with Crippen LogP contribution in [0.4, 0.5) is 10.1 Å². The molecule has 18 heavy (non-hydrogen) atoms. The number of carbonyl (C=O) groups excluding carboxylic acids is 1. The van der Waals surface area contributed by atoms with Gasteiger partial charge in [-0.3, -0.25) is 0 Å². The van der Waals surface area contributed by atoms with Gasteiger partial charge in [0.05, 0.1) is 7.11 Å². The average Bonchev–Trinajstić information content (AvgIpc) is 3.14. The Hall–Kier alpha value is -1.58. The third-order valence-electron chi connectivity index (χ3n) is 3.29. The minimum atomic E-state index is -0.742. The van der Waals surface area contributed by atoms with Crippen molar-refractivity contribution in [1.29, 1.82) is 0 Å². The molecule has 0 aliphatic heterocycles. The van der Waals surface area contributed by atoms with Gasteiger partial charge in [0.25, 0.3) is 0 Å². The highest BCUT2D eigenvalue weighted by Gasteiger charge is 2.40. The first kappa shape index (κ1) is 12.9. The molecule has 0 saturated heterocycles. The maximum Gasteiger partial charge on any atom is 0.331 e. The van der Waals surface area contributed by atoms with Crippen molar-refractivity contribution in [2.45, 2.75) is 31.7 Å². The largest absolute Gasteiger partial charge is 0.467 e. The van der Waals surface area contributed by atoms with Crippen LogP contribution in [0, 0.1) is 11.7 Å². The maximum atomic E-state index is 12.8. The lowest BCUT2D eigenvalue weighted by atomic mass is 9.94. The topological polar surface area (TPSA) is 38.3 Å². The molecule has 1 saturated carbocycles. The summed E-state index contributed by atoms with van der Waals surface area (Å²) < 4.78 is 17.7. The third kappa shape index (κ3) is 3.00. The van der Waals surface area contributed by atoms with Crippen molar-refractivity contribution >= 4 is 11.7 Å². The molecule has 1 aromatic carbocycles. The predicted molar refractivity (Wildman–Crippen MR) is 67.8 cm³/mol. The molecule has 1 aromatic rings. The van der Waals surface area contributed by atoms with E-state index in [1.807, 2.05) is 6.92 Å². The van der Waals surface area contributed by atoms with E-state index in [0.717, 1.165) is 24.9 Å². The van der Waals surface area contributed by atoms with E-state index in [-0.39, 0.29) is 11.8 Å². The fourth-order valence-electron chi connectivity index (χ4n) is 2.16. The molecule has 0 spiro atoms. The van der Waals surface area contributed by atoms with Crippen LogP contribution >= 0.6 is 0 Å². The number of methoxy groups -OCH3 is 1. The Morgan fingerprint density at radius 1 is 1.44 bits per heavy atom. The SMILES string of the molecule is COC(=O)C(C)(CC1CC1)Nc1ccc(F)cc1. The lowest BCUT2D eigenvalue weighted by Crippen LogP contribution is -2.44. The molecule has 4 heteroatoms. The van der Waals surface area contributed by atoms with Gasteiger partial charge in [-0.25, -0.2) is 9.18 Å². The molecule has 0 radical (unpaired) electrons. The molecule has 0 amide bonds. The van der Waals surface area contributed by atoms with E-state index in [1.54, 1.807) is 12.1 Å². The van der Waals surface area contributed by atoms with Crippen LogP contribution in [0.25, 0.3) is 0 Å². The highest BCUT2D eigenvalue weighted by molar-refractivity contribution is 5.84. The fraction of sp³-hybridized carbons (Fsp3) is 0.500. The van der Waals surface area contributed by atoms with Crippen LogP contribution in [-0.4, -0.2) is 18.6 Å². The predicted octanol–water partition coefficient (Wildman–Crippen LogP) is 2.97. The molecule has 98 valence electrons. The van der Waals surface area contributed by atoms with E-state index in [1.165, 1.54) is 19.2 Å². The average molecular weight is 251 g/mol. The lowest BCUT2D eigenvalue weighted by Gasteiger charge is -2.29. The summed E-state index contributed by atoms with van der Waals surface area (Å²) in [5.74, 6) is 0.0169. The number of carbonyl (C=O) groups is 1. The van der Waals surface area contributed by atoms with Crippen molar-refractivity contribution in [3.63, 3.8) is 0 Å². The second-order valence-electron chi connectivity index (χ2n) is 5.10. The van der Waals surface area contributed by atoms with Gasteiger partial charge in [-0.15, -0.1) is 0 Å². The maximum absolute atomic E-state index is 12.8. The summed E-state index contributed by atoms with van der Waals surface area (Å²) in [5.41, 5.74) is -0.0155. The molecule has 2 rings (SSSR count). The number of nitrogens with one attached hydrogen (secondary N) is 1. The standard InChI is InChI=1S/C14H18FNO2/c1-14(13(17)18-2,9-10-3-4-10)16-12-7-5-11(15)6-8-12/h5-8,10,16H,3-4,9H2,1-2H3. The van der Waals surface area contributed by atoms with Crippen LogP contribution in [-0.2, 0) is 9.53 Å². The number of anilines is 1. The number of hydrogen-bond donors (Lipinski definition) is 1. The highest BCUT2D eigenvalue weighted by atomic mass is 19.1. The van der Waals surface area contributed by atoms with Crippen molar-refractivity contribution < 1.29 is 13.9 Å². The van der Waals surface area contributed by atoms with Gasteiger partial charge in [-0.05, 0) is 43.5 Å². The van der Waals surface area contributed by atoms with Crippen LogP contribution in [0.5, 0.6) is 0 Å². The smallest absolute Gasteiger partial charge is 0.331 e. The molecular formula is C14H18FNO2. The van der Waals surface area contributed by atoms with E-state index in [9.17, 15) is 9.18 Å². The van der Waals surface area contributed by atoms with E-state index >= 15 is 0 Å². The van der Waals surface area contributed by atoms with Crippen molar-refractivity contribution in [1.82, 2.24) is 0 Å². The van der Waals surface area contributed by atoms with E-state index in [4.69, 9.17) is 4.74 Å². The Kier molecular flexibility index (Phi) is 3.55. The van der Waals surface area contributed by atoms with Crippen LogP contribution in [0.3, 0.4) is 0 Å². The molecular weight excluding hydrogens is 233 g/mol. The molecule has 1 aliphatic rings. The number of benzene rings is 1. The zero-order valence-electron chi connectivity index (χ0n) is 10.7. The summed E-state index contributed by atoms with van der Waals surface area (Å²) in [6.45, 7) is 1.83. The Morgan fingerprint density at radius 2 is 2.06 bits per heavy atom. The molecule has 3 nitrogen and oxygen atoms in total. The van der Waals surface area contributed by atoms with Gasteiger partial charge >= 0.3 is 5.97 Å². The van der Waals surface area contributed by atoms with Crippen LogP contribution in [0.1, 0.15) is 26.2 Å². The molecule has 1 fully saturated rings. The third-order valence-corrected chi connectivity index (χ3v) is 3.29. The monoisotopic (exact) mass is 251 g/mol. The number of ether oxygens (including phenoxy) is 1. The summed E-state index contributed by atoms with van der Waals surface area (Å²) in [4.78, 5) is 11.9. The fourth-order valence-corrected chi connectivity index (χ4v) is 2.16. The first-order valence-corrected chi connectivity index (χ1v) is 6.16. The van der Waals surface area contributed by atoms with E-state index in [0.29, 0.717) is 5.92 Å². The Bertz CT molecular complexity index is 428. The molecule has 1 unspecified atom stereocenters. The highest BCUT2D eigenvalue weighted by Crippen LogP contribution is 2.38. The van der Waals surface area contributed by atoms with Gasteiger partial charge in [0, 0.05) is 5.69 Å². The molecule has 0 aromatic heterocycles. The second-order valence-corrected chi connectivity index (χ2v) is 5.10. The van der Waals surface area contributed by atoms with Crippen LogP contribution in [0.2, 0.25) is 0 Å². The number of halogens is 1. The van der Waals surface area contributed by atoms with Gasteiger partial charge < -0.3 is 10.1 Å². The summed E-state index contributed by atoms with van der Waals surface area (Å²) >= 11 is 0. The summed E-state index contributed by atoms with van der Waals surface area (Å²) in [7, 11) is 1.39. The van der Waals surface area contributed by atoms with Crippen LogP contribution in [0.15, 0.2) is 24.3 Å². The number of esters is 1. The van der Waals surface area contributed by atoms with Crippen molar-refractivity contribution in [3.05, 3.63) is 30.1 Å². The minimum absolute atomic E-state index is 0.279. The first-order valence-electron chi connectivity index (χ1n) is 6.16. The minimum Gasteiger partial charge on any atom is -0.467 e. The Morgan fingerprint density at radius 3 is 2.56 bits per heavy atom. The van der Waals surface area contributed by atoms with Gasteiger partial charge in [-0.2, -0.15) is 0 Å². The Balaban J connectivity index is 2.13. The van der Waals surface area contributed by atoms with E-state index in [2.05, 4.69) is 5.32 Å². The molecule has 1 N–H and O–H groups in total. The number of rotatable bonds is 5. The van der Waals surface area contributed by atoms with Crippen molar-refractivity contribution in [3.8, 4) is 0 Å². The second kappa shape index (κ2) is 4.96. The zero-order valence-corrected chi connectivity index (χ0v) is 10.7.